The van der Waals surface area contributed by atoms with Gasteiger partial charge in [-0.05, 0) is 36.6 Å². The van der Waals surface area contributed by atoms with Crippen molar-refractivity contribution in [3.8, 4) is 0 Å². The minimum absolute atomic E-state index is 0.180. The van der Waals surface area contributed by atoms with E-state index in [2.05, 4.69) is 15.9 Å². The van der Waals surface area contributed by atoms with Crippen LogP contribution in [0.1, 0.15) is 24.5 Å². The summed E-state index contributed by atoms with van der Waals surface area (Å²) in [5.74, 6) is 0.180. The third kappa shape index (κ3) is 2.98. The first-order valence-electron chi connectivity index (χ1n) is 5.38. The van der Waals surface area contributed by atoms with Gasteiger partial charge in [0.25, 0.3) is 0 Å². The van der Waals surface area contributed by atoms with Crippen LogP contribution in [0.5, 0.6) is 0 Å². The molecule has 0 aliphatic carbocycles. The first-order valence-corrected chi connectivity index (χ1v) is 6.56. The molecule has 1 saturated heterocycles. The molecule has 2 rings (SSSR count). The molecule has 4 heteroatoms. The lowest BCUT2D eigenvalue weighted by Crippen LogP contribution is -2.23. The van der Waals surface area contributed by atoms with Crippen LogP contribution in [-0.2, 0) is 4.74 Å². The first kappa shape index (κ1) is 12.4. The minimum atomic E-state index is -0.490. The number of rotatable bonds is 2. The van der Waals surface area contributed by atoms with Crippen molar-refractivity contribution in [3.05, 3.63) is 33.3 Å². The normalized spacial score (nSPS) is 23.1. The number of ether oxygens (including phenoxy) is 1. The average molecular weight is 306 g/mol. The summed E-state index contributed by atoms with van der Waals surface area (Å²) in [4.78, 5) is 0. The highest BCUT2D eigenvalue weighted by Crippen LogP contribution is 2.31. The van der Waals surface area contributed by atoms with Crippen molar-refractivity contribution in [3.63, 3.8) is 0 Å². The van der Waals surface area contributed by atoms with Crippen molar-refractivity contribution in [2.45, 2.75) is 18.9 Å². The first-order chi connectivity index (χ1) is 7.66. The lowest BCUT2D eigenvalue weighted by atomic mass is 9.91. The van der Waals surface area contributed by atoms with Crippen molar-refractivity contribution in [2.24, 2.45) is 5.92 Å². The van der Waals surface area contributed by atoms with Gasteiger partial charge in [-0.1, -0.05) is 27.5 Å². The Balaban J connectivity index is 2.15. The van der Waals surface area contributed by atoms with Crippen LogP contribution >= 0.6 is 27.5 Å². The van der Waals surface area contributed by atoms with E-state index in [1.54, 1.807) is 0 Å². The fourth-order valence-corrected chi connectivity index (χ4v) is 2.92. The number of hydrogen-bond acceptors (Lipinski definition) is 2. The molecular formula is C12H14BrClO2. The van der Waals surface area contributed by atoms with Crippen molar-refractivity contribution in [1.29, 1.82) is 0 Å². The van der Waals surface area contributed by atoms with E-state index < -0.39 is 6.10 Å². The topological polar surface area (TPSA) is 29.5 Å². The van der Waals surface area contributed by atoms with Gasteiger partial charge in [-0.2, -0.15) is 0 Å². The van der Waals surface area contributed by atoms with E-state index in [9.17, 15) is 5.11 Å². The van der Waals surface area contributed by atoms with Gasteiger partial charge in [-0.25, -0.2) is 0 Å². The minimum Gasteiger partial charge on any atom is -0.388 e. The molecule has 0 spiro atoms. The summed E-state index contributed by atoms with van der Waals surface area (Å²) in [6, 6.07) is 5.53. The number of hydrogen-bond donors (Lipinski definition) is 1. The Morgan fingerprint density at radius 3 is 2.88 bits per heavy atom. The van der Waals surface area contributed by atoms with Gasteiger partial charge in [0.1, 0.15) is 0 Å². The molecule has 88 valence electrons. The zero-order valence-corrected chi connectivity index (χ0v) is 11.2. The Morgan fingerprint density at radius 2 is 2.25 bits per heavy atom. The molecule has 0 amide bonds. The second-order valence-electron chi connectivity index (χ2n) is 4.12. The van der Waals surface area contributed by atoms with Crippen LogP contribution in [0.4, 0.5) is 0 Å². The van der Waals surface area contributed by atoms with Gasteiger partial charge in [0.2, 0.25) is 0 Å². The molecule has 1 aromatic carbocycles. The van der Waals surface area contributed by atoms with Crippen LogP contribution in [-0.4, -0.2) is 18.3 Å². The van der Waals surface area contributed by atoms with Crippen molar-refractivity contribution in [2.75, 3.05) is 13.2 Å². The van der Waals surface area contributed by atoms with Crippen molar-refractivity contribution < 1.29 is 9.84 Å². The van der Waals surface area contributed by atoms with E-state index in [-0.39, 0.29) is 5.92 Å². The molecule has 0 bridgehead atoms. The van der Waals surface area contributed by atoms with Crippen LogP contribution in [0.3, 0.4) is 0 Å². The maximum Gasteiger partial charge on any atom is 0.0841 e. The zero-order valence-electron chi connectivity index (χ0n) is 8.83. The molecule has 0 radical (unpaired) electrons. The summed E-state index contributed by atoms with van der Waals surface area (Å²) in [5.41, 5.74) is 0.856. The van der Waals surface area contributed by atoms with Gasteiger partial charge < -0.3 is 9.84 Å². The van der Waals surface area contributed by atoms with E-state index in [0.717, 1.165) is 29.5 Å². The van der Waals surface area contributed by atoms with Crippen molar-refractivity contribution >= 4 is 27.5 Å². The molecule has 1 aliphatic heterocycles. The van der Waals surface area contributed by atoms with E-state index in [0.29, 0.717) is 11.6 Å². The molecule has 2 unspecified atom stereocenters. The standard InChI is InChI=1S/C12H14BrClO2/c13-10-4-9(5-11(14)6-10)12(15)8-2-1-3-16-7-8/h4-6,8,12,15H,1-3,7H2. The second-order valence-corrected chi connectivity index (χ2v) is 5.48. The van der Waals surface area contributed by atoms with Crippen LogP contribution in [0.15, 0.2) is 22.7 Å². The summed E-state index contributed by atoms with van der Waals surface area (Å²) in [6.45, 7) is 1.44. The smallest absolute Gasteiger partial charge is 0.0841 e. The molecule has 1 fully saturated rings. The molecule has 0 aromatic heterocycles. The maximum atomic E-state index is 10.2. The van der Waals surface area contributed by atoms with E-state index in [4.69, 9.17) is 16.3 Å². The number of aliphatic hydroxyl groups excluding tert-OH is 1. The third-order valence-corrected chi connectivity index (χ3v) is 3.54. The quantitative estimate of drug-likeness (QED) is 0.905. The highest BCUT2D eigenvalue weighted by molar-refractivity contribution is 9.10. The SMILES string of the molecule is OC(c1cc(Cl)cc(Br)c1)C1CCCOC1. The van der Waals surface area contributed by atoms with Crippen LogP contribution in [0.2, 0.25) is 5.02 Å². The van der Waals surface area contributed by atoms with Gasteiger partial charge in [0, 0.05) is 22.0 Å². The molecule has 2 atom stereocenters. The third-order valence-electron chi connectivity index (χ3n) is 2.87. The molecule has 1 aromatic rings. The molecule has 1 aliphatic rings. The molecule has 1 heterocycles. The number of benzene rings is 1. The highest BCUT2D eigenvalue weighted by atomic mass is 79.9. The molecule has 1 N–H and O–H groups in total. The van der Waals surface area contributed by atoms with Gasteiger partial charge >= 0.3 is 0 Å². The molecule has 0 saturated carbocycles. The lowest BCUT2D eigenvalue weighted by molar-refractivity contribution is -0.00998. The summed E-state index contributed by atoms with van der Waals surface area (Å²) in [5, 5.41) is 10.9. The Labute approximate surface area is 109 Å². The van der Waals surface area contributed by atoms with Gasteiger partial charge in [-0.3, -0.25) is 0 Å². The largest absolute Gasteiger partial charge is 0.388 e. The Bertz CT molecular complexity index is 344. The fraction of sp³-hybridized carbons (Fsp3) is 0.500. The van der Waals surface area contributed by atoms with E-state index in [1.807, 2.05) is 18.2 Å². The molecule has 2 nitrogen and oxygen atoms in total. The summed E-state index contributed by atoms with van der Waals surface area (Å²) >= 11 is 9.34. The van der Waals surface area contributed by atoms with Crippen molar-refractivity contribution in [1.82, 2.24) is 0 Å². The lowest BCUT2D eigenvalue weighted by Gasteiger charge is -2.27. The predicted molar refractivity (Wildman–Crippen MR) is 67.7 cm³/mol. The predicted octanol–water partition coefficient (Wildman–Crippen LogP) is 3.56. The Hall–Kier alpha value is -0.0900. The second kappa shape index (κ2) is 5.50. The summed E-state index contributed by atoms with van der Waals surface area (Å²) in [7, 11) is 0. The van der Waals surface area contributed by atoms with E-state index >= 15 is 0 Å². The Kier molecular flexibility index (Phi) is 4.25. The number of aliphatic hydroxyl groups is 1. The van der Waals surface area contributed by atoms with Crippen LogP contribution in [0.25, 0.3) is 0 Å². The monoisotopic (exact) mass is 304 g/mol. The van der Waals surface area contributed by atoms with Gasteiger partial charge in [0.15, 0.2) is 0 Å². The van der Waals surface area contributed by atoms with E-state index in [1.165, 1.54) is 0 Å². The molecular weight excluding hydrogens is 291 g/mol. The Morgan fingerprint density at radius 1 is 1.44 bits per heavy atom. The average Bonchev–Trinajstić information content (AvgIpc) is 2.28. The van der Waals surface area contributed by atoms with Gasteiger partial charge in [-0.15, -0.1) is 0 Å². The summed E-state index contributed by atoms with van der Waals surface area (Å²) < 4.78 is 6.27. The van der Waals surface area contributed by atoms with Crippen LogP contribution in [0, 0.1) is 5.92 Å². The van der Waals surface area contributed by atoms with Crippen LogP contribution < -0.4 is 0 Å². The van der Waals surface area contributed by atoms with Gasteiger partial charge in [0.05, 0.1) is 12.7 Å². The maximum absolute atomic E-state index is 10.2. The number of halogens is 2. The highest BCUT2D eigenvalue weighted by Gasteiger charge is 2.24. The zero-order chi connectivity index (χ0) is 11.5. The molecule has 16 heavy (non-hydrogen) atoms. The summed E-state index contributed by atoms with van der Waals surface area (Å²) in [6.07, 6.45) is 1.53. The fourth-order valence-electron chi connectivity index (χ4n) is 2.03.